The molecular weight excluding hydrogens is 228 g/mol. The second-order valence-corrected chi connectivity index (χ2v) is 4.68. The molecule has 0 saturated carbocycles. The van der Waals surface area contributed by atoms with Crippen molar-refractivity contribution < 1.29 is 9.47 Å². The normalized spacial score (nSPS) is 18.1. The third kappa shape index (κ3) is 7.67. The van der Waals surface area contributed by atoms with Crippen LogP contribution in [0, 0.1) is 11.8 Å². The number of nitrogens with zero attached hydrogens (tertiary/aromatic N) is 1. The van der Waals surface area contributed by atoms with Gasteiger partial charge in [-0.25, -0.2) is 0 Å². The molecule has 2 N–H and O–H groups in total. The summed E-state index contributed by atoms with van der Waals surface area (Å²) in [5.74, 6) is 5.62. The van der Waals surface area contributed by atoms with Crippen molar-refractivity contribution in [2.75, 3.05) is 46.1 Å². The lowest BCUT2D eigenvalue weighted by Gasteiger charge is -2.28. The fourth-order valence-electron chi connectivity index (χ4n) is 2.07. The lowest BCUT2D eigenvalue weighted by molar-refractivity contribution is 0.0483. The Morgan fingerprint density at radius 1 is 1.17 bits per heavy atom. The summed E-state index contributed by atoms with van der Waals surface area (Å²) in [5.41, 5.74) is 6.04. The van der Waals surface area contributed by atoms with Gasteiger partial charge in [0.15, 0.2) is 0 Å². The van der Waals surface area contributed by atoms with Crippen molar-refractivity contribution in [1.82, 2.24) is 4.90 Å². The lowest BCUT2D eigenvalue weighted by atomic mass is 10.1. The molecule has 1 unspecified atom stereocenters. The topological polar surface area (TPSA) is 47.7 Å². The quantitative estimate of drug-likeness (QED) is 0.515. The van der Waals surface area contributed by atoms with Gasteiger partial charge in [0, 0.05) is 12.6 Å². The van der Waals surface area contributed by atoms with Gasteiger partial charge in [0.1, 0.15) is 6.61 Å². The zero-order valence-corrected chi connectivity index (χ0v) is 11.5. The van der Waals surface area contributed by atoms with Gasteiger partial charge in [-0.05, 0) is 32.9 Å². The van der Waals surface area contributed by atoms with Crippen molar-refractivity contribution in [2.24, 2.45) is 5.73 Å². The van der Waals surface area contributed by atoms with Crippen LogP contribution < -0.4 is 5.73 Å². The summed E-state index contributed by atoms with van der Waals surface area (Å²) in [7, 11) is 0. The maximum absolute atomic E-state index is 6.04. The Morgan fingerprint density at radius 2 is 1.89 bits per heavy atom. The van der Waals surface area contributed by atoms with Gasteiger partial charge in [-0.3, -0.25) is 0 Å². The average Bonchev–Trinajstić information content (AvgIpc) is 2.39. The van der Waals surface area contributed by atoms with Gasteiger partial charge in [0.25, 0.3) is 0 Å². The summed E-state index contributed by atoms with van der Waals surface area (Å²) in [4.78, 5) is 2.44. The van der Waals surface area contributed by atoms with Gasteiger partial charge in [0.2, 0.25) is 0 Å². The smallest absolute Gasteiger partial charge is 0.107 e. The molecule has 0 aromatic carbocycles. The molecule has 0 aromatic heterocycles. The molecular formula is C14H26N2O2. The molecule has 1 fully saturated rings. The van der Waals surface area contributed by atoms with Crippen molar-refractivity contribution in [3.8, 4) is 11.8 Å². The van der Waals surface area contributed by atoms with E-state index in [2.05, 4.69) is 16.7 Å². The highest BCUT2D eigenvalue weighted by atomic mass is 16.5. The second-order valence-electron chi connectivity index (χ2n) is 4.68. The molecule has 0 aromatic rings. The minimum absolute atomic E-state index is 0.110. The van der Waals surface area contributed by atoms with E-state index >= 15 is 0 Å². The molecule has 0 radical (unpaired) electrons. The van der Waals surface area contributed by atoms with Crippen molar-refractivity contribution >= 4 is 0 Å². The molecule has 1 rings (SSSR count). The molecule has 1 saturated heterocycles. The molecule has 0 aliphatic carbocycles. The Labute approximate surface area is 111 Å². The van der Waals surface area contributed by atoms with E-state index in [1.54, 1.807) is 6.92 Å². The Morgan fingerprint density at radius 3 is 2.61 bits per heavy atom. The zero-order valence-electron chi connectivity index (χ0n) is 11.5. The average molecular weight is 254 g/mol. The van der Waals surface area contributed by atoms with Gasteiger partial charge in [-0.15, -0.1) is 5.92 Å². The standard InChI is InChI=1S/C14H26N2O2/c1-2-3-9-17-10-11-18-13-14(15)12-16-7-5-4-6-8-16/h14H,4-13,15H2,1H3. The van der Waals surface area contributed by atoms with Crippen LogP contribution in [0.3, 0.4) is 0 Å². The molecule has 104 valence electrons. The zero-order chi connectivity index (χ0) is 13.1. The predicted molar refractivity (Wildman–Crippen MR) is 73.4 cm³/mol. The number of likely N-dealkylation sites (tertiary alicyclic amines) is 1. The highest BCUT2D eigenvalue weighted by molar-refractivity contribution is 4.94. The van der Waals surface area contributed by atoms with Crippen LogP contribution in [0.25, 0.3) is 0 Å². The fraction of sp³-hybridized carbons (Fsp3) is 0.857. The molecule has 0 bridgehead atoms. The molecule has 0 spiro atoms. The number of nitrogens with two attached hydrogens (primary N) is 1. The van der Waals surface area contributed by atoms with Crippen LogP contribution in [0.1, 0.15) is 26.2 Å². The van der Waals surface area contributed by atoms with Gasteiger partial charge >= 0.3 is 0 Å². The SMILES string of the molecule is CC#CCOCCOCC(N)CN1CCCCC1. The van der Waals surface area contributed by atoms with Gasteiger partial charge in [0.05, 0.1) is 19.8 Å². The highest BCUT2D eigenvalue weighted by Gasteiger charge is 2.13. The Kier molecular flexibility index (Phi) is 8.87. The van der Waals surface area contributed by atoms with E-state index in [0.717, 1.165) is 6.54 Å². The lowest BCUT2D eigenvalue weighted by Crippen LogP contribution is -2.42. The molecule has 4 heteroatoms. The van der Waals surface area contributed by atoms with E-state index in [-0.39, 0.29) is 6.04 Å². The molecule has 4 nitrogen and oxygen atoms in total. The largest absolute Gasteiger partial charge is 0.377 e. The monoisotopic (exact) mass is 254 g/mol. The number of rotatable bonds is 8. The minimum Gasteiger partial charge on any atom is -0.377 e. The summed E-state index contributed by atoms with van der Waals surface area (Å²) in [6.45, 7) is 7.41. The predicted octanol–water partition coefficient (Wildman–Crippen LogP) is 0.856. The molecule has 0 amide bonds. The van der Waals surface area contributed by atoms with Gasteiger partial charge in [-0.2, -0.15) is 0 Å². The third-order valence-corrected chi connectivity index (χ3v) is 3.00. The van der Waals surface area contributed by atoms with Crippen molar-refractivity contribution in [3.05, 3.63) is 0 Å². The van der Waals surface area contributed by atoms with Crippen LogP contribution >= 0.6 is 0 Å². The first-order valence-corrected chi connectivity index (χ1v) is 6.86. The molecule has 1 aliphatic rings. The summed E-state index contributed by atoms with van der Waals surface area (Å²) in [5, 5.41) is 0. The van der Waals surface area contributed by atoms with E-state index in [1.807, 2.05) is 0 Å². The third-order valence-electron chi connectivity index (χ3n) is 3.00. The van der Waals surface area contributed by atoms with Crippen LogP contribution in [0.2, 0.25) is 0 Å². The number of piperidine rings is 1. The van der Waals surface area contributed by atoms with Crippen molar-refractivity contribution in [3.63, 3.8) is 0 Å². The van der Waals surface area contributed by atoms with Gasteiger partial charge in [-0.1, -0.05) is 12.3 Å². The summed E-state index contributed by atoms with van der Waals surface area (Å²) >= 11 is 0. The second kappa shape index (κ2) is 10.3. The first-order chi connectivity index (χ1) is 8.83. The minimum atomic E-state index is 0.110. The van der Waals surface area contributed by atoms with Crippen molar-refractivity contribution in [2.45, 2.75) is 32.2 Å². The first kappa shape index (κ1) is 15.5. The molecule has 1 atom stereocenters. The van der Waals surface area contributed by atoms with E-state index in [4.69, 9.17) is 15.2 Å². The molecule has 18 heavy (non-hydrogen) atoms. The Balaban J connectivity index is 1.92. The maximum atomic E-state index is 6.04. The van der Waals surface area contributed by atoms with Crippen LogP contribution in [0.4, 0.5) is 0 Å². The maximum Gasteiger partial charge on any atom is 0.107 e. The number of hydrogen-bond donors (Lipinski definition) is 1. The van der Waals surface area contributed by atoms with E-state index in [9.17, 15) is 0 Å². The summed E-state index contributed by atoms with van der Waals surface area (Å²) in [6.07, 6.45) is 3.97. The van der Waals surface area contributed by atoms with E-state index in [1.165, 1.54) is 32.4 Å². The van der Waals surface area contributed by atoms with Crippen molar-refractivity contribution in [1.29, 1.82) is 0 Å². The first-order valence-electron chi connectivity index (χ1n) is 6.86. The summed E-state index contributed by atoms with van der Waals surface area (Å²) < 4.78 is 10.7. The molecule has 1 aliphatic heterocycles. The van der Waals surface area contributed by atoms with Gasteiger partial charge < -0.3 is 20.1 Å². The number of hydrogen-bond acceptors (Lipinski definition) is 4. The van der Waals surface area contributed by atoms with Crippen LogP contribution in [-0.2, 0) is 9.47 Å². The number of ether oxygens (including phenoxy) is 2. The fourth-order valence-corrected chi connectivity index (χ4v) is 2.07. The highest BCUT2D eigenvalue weighted by Crippen LogP contribution is 2.08. The Bertz CT molecular complexity index is 254. The van der Waals surface area contributed by atoms with Crippen LogP contribution in [0.15, 0.2) is 0 Å². The molecule has 1 heterocycles. The van der Waals surface area contributed by atoms with E-state index < -0.39 is 0 Å². The van der Waals surface area contributed by atoms with Crippen LogP contribution in [-0.4, -0.2) is 57.0 Å². The summed E-state index contributed by atoms with van der Waals surface area (Å²) in [6, 6.07) is 0.110. The van der Waals surface area contributed by atoms with E-state index in [0.29, 0.717) is 26.4 Å². The van der Waals surface area contributed by atoms with Crippen LogP contribution in [0.5, 0.6) is 0 Å². The Hall–Kier alpha value is -0.600.